The summed E-state index contributed by atoms with van der Waals surface area (Å²) in [5.41, 5.74) is 1.56. The Balaban J connectivity index is 2.84. The molecule has 19 heavy (non-hydrogen) atoms. The molecule has 0 saturated carbocycles. The molecular weight excluding hydrogens is 238 g/mol. The van der Waals surface area contributed by atoms with E-state index in [2.05, 4.69) is 24.1 Å². The molecule has 1 heterocycles. The molecular formula is C15H25N3O. The summed E-state index contributed by atoms with van der Waals surface area (Å²) in [5.74, 6) is 0.0719. The highest BCUT2D eigenvalue weighted by Crippen LogP contribution is 2.16. The van der Waals surface area contributed by atoms with Gasteiger partial charge in [-0.1, -0.05) is 20.3 Å². The SMILES string of the molecule is CCCCN(CC)C(=O)c1cnccc1NCCC. The van der Waals surface area contributed by atoms with Crippen molar-refractivity contribution in [1.82, 2.24) is 9.88 Å². The van der Waals surface area contributed by atoms with Crippen LogP contribution >= 0.6 is 0 Å². The zero-order valence-electron chi connectivity index (χ0n) is 12.3. The van der Waals surface area contributed by atoms with Crippen LogP contribution in [0.25, 0.3) is 0 Å². The van der Waals surface area contributed by atoms with E-state index in [1.165, 1.54) is 0 Å². The predicted molar refractivity (Wildman–Crippen MR) is 79.5 cm³/mol. The van der Waals surface area contributed by atoms with Gasteiger partial charge in [-0.15, -0.1) is 0 Å². The van der Waals surface area contributed by atoms with Crippen LogP contribution in [0.4, 0.5) is 5.69 Å². The van der Waals surface area contributed by atoms with Crippen molar-refractivity contribution in [1.29, 1.82) is 0 Å². The van der Waals surface area contributed by atoms with E-state index >= 15 is 0 Å². The summed E-state index contributed by atoms with van der Waals surface area (Å²) in [5, 5.41) is 3.29. The second-order valence-corrected chi connectivity index (χ2v) is 4.59. The molecule has 106 valence electrons. The normalized spacial score (nSPS) is 10.3. The van der Waals surface area contributed by atoms with Crippen molar-refractivity contribution in [3.8, 4) is 0 Å². The molecule has 4 nitrogen and oxygen atoms in total. The molecule has 0 fully saturated rings. The Morgan fingerprint density at radius 1 is 1.32 bits per heavy atom. The van der Waals surface area contributed by atoms with Gasteiger partial charge < -0.3 is 10.2 Å². The third-order valence-electron chi connectivity index (χ3n) is 3.07. The first-order valence-electron chi connectivity index (χ1n) is 7.21. The van der Waals surface area contributed by atoms with E-state index in [9.17, 15) is 4.79 Å². The van der Waals surface area contributed by atoms with Crippen molar-refractivity contribution in [2.45, 2.75) is 40.0 Å². The molecule has 1 amide bonds. The highest BCUT2D eigenvalue weighted by Gasteiger charge is 2.17. The van der Waals surface area contributed by atoms with E-state index in [-0.39, 0.29) is 5.91 Å². The van der Waals surface area contributed by atoms with Crippen molar-refractivity contribution in [3.63, 3.8) is 0 Å². The molecule has 0 bridgehead atoms. The second-order valence-electron chi connectivity index (χ2n) is 4.59. The van der Waals surface area contributed by atoms with Crippen LogP contribution in [0.15, 0.2) is 18.5 Å². The van der Waals surface area contributed by atoms with Gasteiger partial charge in [-0.2, -0.15) is 0 Å². The van der Waals surface area contributed by atoms with E-state index in [0.717, 1.165) is 44.6 Å². The van der Waals surface area contributed by atoms with E-state index in [1.807, 2.05) is 17.9 Å². The lowest BCUT2D eigenvalue weighted by Crippen LogP contribution is -2.32. The number of carbonyl (C=O) groups excluding carboxylic acids is 1. The van der Waals surface area contributed by atoms with Gasteiger partial charge in [-0.05, 0) is 25.8 Å². The fraction of sp³-hybridized carbons (Fsp3) is 0.600. The van der Waals surface area contributed by atoms with Crippen LogP contribution in [0.2, 0.25) is 0 Å². The first-order valence-corrected chi connectivity index (χ1v) is 7.21. The number of nitrogens with zero attached hydrogens (tertiary/aromatic N) is 2. The van der Waals surface area contributed by atoms with Crippen molar-refractivity contribution < 1.29 is 4.79 Å². The first-order chi connectivity index (χ1) is 9.24. The smallest absolute Gasteiger partial charge is 0.257 e. The molecule has 1 aromatic rings. The number of anilines is 1. The van der Waals surface area contributed by atoms with Crippen molar-refractivity contribution in [2.75, 3.05) is 25.0 Å². The predicted octanol–water partition coefficient (Wildman–Crippen LogP) is 3.17. The Morgan fingerprint density at radius 2 is 2.11 bits per heavy atom. The van der Waals surface area contributed by atoms with Gasteiger partial charge in [0.05, 0.1) is 11.3 Å². The molecule has 0 spiro atoms. The average molecular weight is 263 g/mol. The number of carbonyl (C=O) groups is 1. The van der Waals surface area contributed by atoms with Crippen molar-refractivity contribution in [3.05, 3.63) is 24.0 Å². The zero-order chi connectivity index (χ0) is 14.1. The Labute approximate surface area is 116 Å². The van der Waals surface area contributed by atoms with Crippen LogP contribution in [0.1, 0.15) is 50.4 Å². The van der Waals surface area contributed by atoms with Crippen LogP contribution in [-0.4, -0.2) is 35.4 Å². The maximum Gasteiger partial charge on any atom is 0.257 e. The van der Waals surface area contributed by atoms with Gasteiger partial charge in [0.25, 0.3) is 5.91 Å². The lowest BCUT2D eigenvalue weighted by Gasteiger charge is -2.22. The largest absolute Gasteiger partial charge is 0.384 e. The second kappa shape index (κ2) is 8.51. The minimum atomic E-state index is 0.0719. The number of amides is 1. The zero-order valence-corrected chi connectivity index (χ0v) is 12.3. The lowest BCUT2D eigenvalue weighted by molar-refractivity contribution is 0.0763. The highest BCUT2D eigenvalue weighted by molar-refractivity contribution is 5.99. The van der Waals surface area contributed by atoms with E-state index in [0.29, 0.717) is 5.56 Å². The Morgan fingerprint density at radius 3 is 2.74 bits per heavy atom. The molecule has 0 aliphatic heterocycles. The third kappa shape index (κ3) is 4.54. The number of rotatable bonds is 8. The number of nitrogens with one attached hydrogen (secondary N) is 1. The van der Waals surface area contributed by atoms with Gasteiger partial charge in [0.2, 0.25) is 0 Å². The van der Waals surface area contributed by atoms with E-state index in [1.54, 1.807) is 12.4 Å². The molecule has 1 N–H and O–H groups in total. The Kier molecular flexibility index (Phi) is 6.93. The maximum absolute atomic E-state index is 12.5. The molecule has 0 unspecified atom stereocenters. The summed E-state index contributed by atoms with van der Waals surface area (Å²) >= 11 is 0. The van der Waals surface area contributed by atoms with Gasteiger partial charge in [0, 0.05) is 32.0 Å². The quantitative estimate of drug-likeness (QED) is 0.783. The lowest BCUT2D eigenvalue weighted by atomic mass is 10.2. The van der Waals surface area contributed by atoms with Gasteiger partial charge in [-0.3, -0.25) is 9.78 Å². The standard InChI is InChI=1S/C15H25N3O/c1-4-7-11-18(6-3)15(19)13-12-16-10-8-14(13)17-9-5-2/h8,10,12H,4-7,9,11H2,1-3H3,(H,16,17). The van der Waals surface area contributed by atoms with Crippen molar-refractivity contribution >= 4 is 11.6 Å². The van der Waals surface area contributed by atoms with Gasteiger partial charge in [-0.25, -0.2) is 0 Å². The molecule has 0 saturated heterocycles. The fourth-order valence-corrected chi connectivity index (χ4v) is 1.90. The molecule has 0 aromatic carbocycles. The van der Waals surface area contributed by atoms with Gasteiger partial charge >= 0.3 is 0 Å². The Hall–Kier alpha value is -1.58. The van der Waals surface area contributed by atoms with Gasteiger partial charge in [0.1, 0.15) is 0 Å². The van der Waals surface area contributed by atoms with Crippen LogP contribution in [-0.2, 0) is 0 Å². The number of unbranched alkanes of at least 4 members (excludes halogenated alkanes) is 1. The molecule has 1 rings (SSSR count). The summed E-state index contributed by atoms with van der Waals surface area (Å²) in [6, 6.07) is 1.87. The summed E-state index contributed by atoms with van der Waals surface area (Å²) in [7, 11) is 0. The maximum atomic E-state index is 12.5. The van der Waals surface area contributed by atoms with Crippen LogP contribution in [0, 0.1) is 0 Å². The topological polar surface area (TPSA) is 45.2 Å². The van der Waals surface area contributed by atoms with Crippen molar-refractivity contribution in [2.24, 2.45) is 0 Å². The third-order valence-corrected chi connectivity index (χ3v) is 3.07. The average Bonchev–Trinajstić information content (AvgIpc) is 2.46. The molecule has 0 aliphatic rings. The molecule has 0 aliphatic carbocycles. The summed E-state index contributed by atoms with van der Waals surface area (Å²) in [6.07, 6.45) is 6.55. The monoisotopic (exact) mass is 263 g/mol. The minimum absolute atomic E-state index is 0.0719. The summed E-state index contributed by atoms with van der Waals surface area (Å²) in [4.78, 5) is 18.5. The number of aromatic nitrogens is 1. The van der Waals surface area contributed by atoms with E-state index < -0.39 is 0 Å². The van der Waals surface area contributed by atoms with Crippen LogP contribution in [0.3, 0.4) is 0 Å². The molecule has 4 heteroatoms. The molecule has 0 atom stereocenters. The number of hydrogen-bond acceptors (Lipinski definition) is 3. The van der Waals surface area contributed by atoms with Crippen LogP contribution < -0.4 is 5.32 Å². The molecule has 0 radical (unpaired) electrons. The summed E-state index contributed by atoms with van der Waals surface area (Å²) < 4.78 is 0. The Bertz CT molecular complexity index is 393. The minimum Gasteiger partial charge on any atom is -0.384 e. The first kappa shape index (κ1) is 15.5. The highest BCUT2D eigenvalue weighted by atomic mass is 16.2. The van der Waals surface area contributed by atoms with Crippen LogP contribution in [0.5, 0.6) is 0 Å². The van der Waals surface area contributed by atoms with E-state index in [4.69, 9.17) is 0 Å². The van der Waals surface area contributed by atoms with Gasteiger partial charge in [0.15, 0.2) is 0 Å². The number of pyridine rings is 1. The summed E-state index contributed by atoms with van der Waals surface area (Å²) in [6.45, 7) is 8.68. The fourth-order valence-electron chi connectivity index (χ4n) is 1.90. The number of hydrogen-bond donors (Lipinski definition) is 1. The molecule has 1 aromatic heterocycles.